The highest BCUT2D eigenvalue weighted by Gasteiger charge is 2.27. The van der Waals surface area contributed by atoms with Gasteiger partial charge in [0.25, 0.3) is 0 Å². The lowest BCUT2D eigenvalue weighted by molar-refractivity contribution is 0.0507. The molecule has 1 rings (SSSR count). The smallest absolute Gasteiger partial charge is 0.408 e. The van der Waals surface area contributed by atoms with Gasteiger partial charge in [-0.15, -0.1) is 11.8 Å². The van der Waals surface area contributed by atoms with E-state index in [1.165, 1.54) is 0 Å². The SMILES string of the molecule is CC[C@H](C)[C@H](NC(=O)OC(C)(C)C)C1=NCCCS1. The van der Waals surface area contributed by atoms with E-state index in [-0.39, 0.29) is 12.1 Å². The number of aliphatic imine (C=N–C) groups is 1. The molecular weight excluding hydrogens is 260 g/mol. The van der Waals surface area contributed by atoms with Gasteiger partial charge in [0.15, 0.2) is 0 Å². The first-order chi connectivity index (χ1) is 8.83. The molecule has 1 amide bonds. The molecule has 0 aromatic carbocycles. The van der Waals surface area contributed by atoms with E-state index in [1.807, 2.05) is 20.8 Å². The molecule has 0 aliphatic carbocycles. The van der Waals surface area contributed by atoms with Crippen LogP contribution in [0.25, 0.3) is 0 Å². The maximum atomic E-state index is 11.9. The van der Waals surface area contributed by atoms with Crippen LogP contribution in [0.4, 0.5) is 4.79 Å². The van der Waals surface area contributed by atoms with E-state index in [4.69, 9.17) is 4.74 Å². The molecule has 0 saturated carbocycles. The Morgan fingerprint density at radius 3 is 2.68 bits per heavy atom. The van der Waals surface area contributed by atoms with Crippen LogP contribution in [0.2, 0.25) is 0 Å². The number of nitrogens with zero attached hydrogens (tertiary/aromatic N) is 1. The molecule has 0 unspecified atom stereocenters. The summed E-state index contributed by atoms with van der Waals surface area (Å²) in [6, 6.07) is -0.0230. The summed E-state index contributed by atoms with van der Waals surface area (Å²) in [4.78, 5) is 16.5. The minimum atomic E-state index is -0.467. The zero-order chi connectivity index (χ0) is 14.5. The summed E-state index contributed by atoms with van der Waals surface area (Å²) in [6.07, 6.45) is 1.76. The van der Waals surface area contributed by atoms with Crippen molar-refractivity contribution in [2.45, 2.75) is 59.1 Å². The van der Waals surface area contributed by atoms with Crippen LogP contribution >= 0.6 is 11.8 Å². The van der Waals surface area contributed by atoms with Crippen LogP contribution in [0.3, 0.4) is 0 Å². The fourth-order valence-electron chi connectivity index (χ4n) is 1.78. The lowest BCUT2D eigenvalue weighted by Crippen LogP contribution is -2.46. The van der Waals surface area contributed by atoms with Gasteiger partial charge in [0.05, 0.1) is 11.1 Å². The molecule has 0 fully saturated rings. The molecule has 1 aliphatic heterocycles. The van der Waals surface area contributed by atoms with Gasteiger partial charge in [0.1, 0.15) is 5.60 Å². The maximum Gasteiger partial charge on any atom is 0.408 e. The molecular formula is C14H26N2O2S. The molecule has 1 N–H and O–H groups in total. The lowest BCUT2D eigenvalue weighted by Gasteiger charge is -2.28. The van der Waals surface area contributed by atoms with Crippen molar-refractivity contribution in [1.82, 2.24) is 5.32 Å². The third-order valence-electron chi connectivity index (χ3n) is 2.97. The monoisotopic (exact) mass is 286 g/mol. The number of rotatable bonds is 4. The van der Waals surface area contributed by atoms with Crippen molar-refractivity contribution in [2.24, 2.45) is 10.9 Å². The number of ether oxygens (including phenoxy) is 1. The van der Waals surface area contributed by atoms with E-state index in [0.717, 1.165) is 30.2 Å². The molecule has 0 saturated heterocycles. The Morgan fingerprint density at radius 2 is 2.21 bits per heavy atom. The Bertz CT molecular complexity index is 337. The van der Waals surface area contributed by atoms with Gasteiger partial charge in [-0.25, -0.2) is 4.79 Å². The van der Waals surface area contributed by atoms with E-state index >= 15 is 0 Å². The number of carbonyl (C=O) groups is 1. The van der Waals surface area contributed by atoms with Gasteiger partial charge in [-0.3, -0.25) is 4.99 Å². The van der Waals surface area contributed by atoms with E-state index in [0.29, 0.717) is 5.92 Å². The van der Waals surface area contributed by atoms with Gasteiger partial charge in [-0.05, 0) is 33.1 Å². The summed E-state index contributed by atoms with van der Waals surface area (Å²) in [6.45, 7) is 10.8. The normalized spacial score (nSPS) is 19.3. The molecule has 0 spiro atoms. The van der Waals surface area contributed by atoms with Crippen molar-refractivity contribution >= 4 is 22.9 Å². The Hall–Kier alpha value is -0.710. The van der Waals surface area contributed by atoms with Gasteiger partial charge in [-0.1, -0.05) is 20.3 Å². The molecule has 1 heterocycles. The predicted molar refractivity (Wildman–Crippen MR) is 82.0 cm³/mol. The van der Waals surface area contributed by atoms with Gasteiger partial charge in [0.2, 0.25) is 0 Å². The molecule has 110 valence electrons. The zero-order valence-corrected chi connectivity index (χ0v) is 13.5. The lowest BCUT2D eigenvalue weighted by atomic mass is 10.00. The summed E-state index contributed by atoms with van der Waals surface area (Å²) in [7, 11) is 0. The largest absolute Gasteiger partial charge is 0.444 e. The van der Waals surface area contributed by atoms with Crippen LogP contribution in [0, 0.1) is 5.92 Å². The fraction of sp³-hybridized carbons (Fsp3) is 0.857. The molecule has 4 nitrogen and oxygen atoms in total. The summed E-state index contributed by atoms with van der Waals surface area (Å²) < 4.78 is 5.34. The van der Waals surface area contributed by atoms with Gasteiger partial charge >= 0.3 is 6.09 Å². The number of alkyl carbamates (subject to hydrolysis) is 1. The van der Waals surface area contributed by atoms with E-state index in [1.54, 1.807) is 11.8 Å². The number of amides is 1. The fourth-order valence-corrected chi connectivity index (χ4v) is 2.92. The topological polar surface area (TPSA) is 50.7 Å². The second kappa shape index (κ2) is 7.17. The molecule has 1 aliphatic rings. The van der Waals surface area contributed by atoms with Crippen molar-refractivity contribution in [3.05, 3.63) is 0 Å². The molecule has 2 atom stereocenters. The first-order valence-electron chi connectivity index (χ1n) is 7.00. The molecule has 0 aromatic heterocycles. The van der Waals surface area contributed by atoms with Gasteiger partial charge in [0, 0.05) is 12.3 Å². The standard InChI is InChI=1S/C14H26N2O2S/c1-6-10(2)11(12-15-8-7-9-19-12)16-13(17)18-14(3,4)5/h10-11H,6-9H2,1-5H3,(H,16,17)/t10-,11-/m0/s1. The second-order valence-electron chi connectivity index (χ2n) is 5.93. The van der Waals surface area contributed by atoms with Crippen molar-refractivity contribution in [3.8, 4) is 0 Å². The first-order valence-corrected chi connectivity index (χ1v) is 7.98. The van der Waals surface area contributed by atoms with Crippen LogP contribution < -0.4 is 5.32 Å². The van der Waals surface area contributed by atoms with Crippen LogP contribution in [-0.4, -0.2) is 35.1 Å². The van der Waals surface area contributed by atoms with Crippen LogP contribution in [-0.2, 0) is 4.74 Å². The van der Waals surface area contributed by atoms with Crippen LogP contribution in [0.5, 0.6) is 0 Å². The third-order valence-corrected chi connectivity index (χ3v) is 4.14. The third kappa shape index (κ3) is 5.85. The Balaban J connectivity index is 2.69. The van der Waals surface area contributed by atoms with Crippen molar-refractivity contribution < 1.29 is 9.53 Å². The Labute approximate surface area is 120 Å². The second-order valence-corrected chi connectivity index (χ2v) is 7.05. The number of hydrogen-bond donors (Lipinski definition) is 1. The van der Waals surface area contributed by atoms with Gasteiger partial charge < -0.3 is 10.1 Å². The summed E-state index contributed by atoms with van der Waals surface area (Å²) in [5.74, 6) is 1.44. The number of nitrogens with one attached hydrogen (secondary N) is 1. The van der Waals surface area contributed by atoms with Crippen molar-refractivity contribution in [3.63, 3.8) is 0 Å². The average molecular weight is 286 g/mol. The summed E-state index contributed by atoms with van der Waals surface area (Å²) in [5, 5.41) is 4.03. The minimum absolute atomic E-state index is 0.0230. The Morgan fingerprint density at radius 1 is 1.53 bits per heavy atom. The highest BCUT2D eigenvalue weighted by atomic mass is 32.2. The van der Waals surface area contributed by atoms with Gasteiger partial charge in [-0.2, -0.15) is 0 Å². The van der Waals surface area contributed by atoms with Crippen molar-refractivity contribution in [1.29, 1.82) is 0 Å². The zero-order valence-electron chi connectivity index (χ0n) is 12.7. The molecule has 19 heavy (non-hydrogen) atoms. The first kappa shape index (κ1) is 16.3. The summed E-state index contributed by atoms with van der Waals surface area (Å²) >= 11 is 1.75. The van der Waals surface area contributed by atoms with E-state index < -0.39 is 5.60 Å². The molecule has 0 bridgehead atoms. The predicted octanol–water partition coefficient (Wildman–Crippen LogP) is 3.46. The van der Waals surface area contributed by atoms with E-state index in [2.05, 4.69) is 24.2 Å². The highest BCUT2D eigenvalue weighted by Crippen LogP contribution is 2.21. The highest BCUT2D eigenvalue weighted by molar-refractivity contribution is 8.14. The maximum absolute atomic E-state index is 11.9. The number of hydrogen-bond acceptors (Lipinski definition) is 4. The van der Waals surface area contributed by atoms with Crippen molar-refractivity contribution in [2.75, 3.05) is 12.3 Å². The number of carbonyl (C=O) groups excluding carboxylic acids is 1. The molecule has 0 radical (unpaired) electrons. The van der Waals surface area contributed by atoms with Crippen LogP contribution in [0.15, 0.2) is 4.99 Å². The quantitative estimate of drug-likeness (QED) is 0.861. The van der Waals surface area contributed by atoms with E-state index in [9.17, 15) is 4.79 Å². The molecule has 5 heteroatoms. The minimum Gasteiger partial charge on any atom is -0.444 e. The molecule has 0 aromatic rings. The summed E-state index contributed by atoms with van der Waals surface area (Å²) in [5.41, 5.74) is -0.467. The average Bonchev–Trinajstić information content (AvgIpc) is 2.34. The Kier molecular flexibility index (Phi) is 6.17. The van der Waals surface area contributed by atoms with Crippen LogP contribution in [0.1, 0.15) is 47.5 Å². The number of thioether (sulfide) groups is 1.